The van der Waals surface area contributed by atoms with Crippen LogP contribution in [0.5, 0.6) is 0 Å². The Morgan fingerprint density at radius 2 is 1.77 bits per heavy atom. The van der Waals surface area contributed by atoms with Crippen LogP contribution >= 0.6 is 0 Å². The zero-order valence-electron chi connectivity index (χ0n) is 14.3. The van der Waals surface area contributed by atoms with Gasteiger partial charge in [0.2, 0.25) is 0 Å². The normalized spacial score (nSPS) is 12.9. The topological polar surface area (TPSA) is 98.5 Å². The van der Waals surface area contributed by atoms with Gasteiger partial charge in [-0.15, -0.1) is 0 Å². The Labute approximate surface area is 149 Å². The van der Waals surface area contributed by atoms with E-state index in [9.17, 15) is 15.3 Å². The molecule has 3 aromatic rings. The van der Waals surface area contributed by atoms with Gasteiger partial charge in [-0.25, -0.2) is 0 Å². The summed E-state index contributed by atoms with van der Waals surface area (Å²) in [5.74, 6) is -0.483. The second-order valence-electron chi connectivity index (χ2n) is 5.92. The summed E-state index contributed by atoms with van der Waals surface area (Å²) in [7, 11) is 0. The predicted molar refractivity (Wildman–Crippen MR) is 95.2 cm³/mol. The molecule has 0 spiro atoms. The summed E-state index contributed by atoms with van der Waals surface area (Å²) in [4.78, 5) is 16.7. The van der Waals surface area contributed by atoms with E-state index in [0.29, 0.717) is 17.0 Å². The van der Waals surface area contributed by atoms with E-state index in [4.69, 9.17) is 0 Å². The predicted octanol–water partition coefficient (Wildman–Crippen LogP) is 2.74. The third-order valence-electron chi connectivity index (χ3n) is 3.95. The zero-order valence-corrected chi connectivity index (χ0v) is 14.3. The number of hydrogen-bond acceptors (Lipinski definition) is 5. The van der Waals surface area contributed by atoms with E-state index in [2.05, 4.69) is 10.1 Å². The molecular formula is C18H19N5O3. The highest BCUT2D eigenvalue weighted by atomic mass is 16.6. The molecule has 2 aromatic carbocycles. The standard InChI is InChI=1S/C18H19N5O3/c1-14(12-13-15-8-4-2-5-9-15)19-17-18(23(25)26)20-21(22(17)24)16-10-6-3-7-11-16/h2-11,14,24H,12-13H2,1H3/t14-/m1/s1. The van der Waals surface area contributed by atoms with Gasteiger partial charge in [0.05, 0.1) is 11.1 Å². The molecule has 0 aliphatic rings. The van der Waals surface area contributed by atoms with Crippen molar-refractivity contribution in [2.24, 2.45) is 4.99 Å². The van der Waals surface area contributed by atoms with Crippen LogP contribution in [0, 0.1) is 10.1 Å². The van der Waals surface area contributed by atoms with E-state index < -0.39 is 10.7 Å². The van der Waals surface area contributed by atoms with E-state index in [1.54, 1.807) is 30.3 Å². The van der Waals surface area contributed by atoms with E-state index in [1.807, 2.05) is 37.3 Å². The molecule has 8 nitrogen and oxygen atoms in total. The third-order valence-corrected chi connectivity index (χ3v) is 3.95. The van der Waals surface area contributed by atoms with E-state index in [1.165, 1.54) is 5.56 Å². The maximum atomic E-state index is 11.3. The van der Waals surface area contributed by atoms with Crippen molar-refractivity contribution < 1.29 is 10.1 Å². The number of aromatic nitrogens is 3. The highest BCUT2D eigenvalue weighted by Crippen LogP contribution is 2.10. The molecule has 1 heterocycles. The van der Waals surface area contributed by atoms with Gasteiger partial charge in [-0.05, 0) is 47.2 Å². The molecule has 0 fully saturated rings. The van der Waals surface area contributed by atoms with Gasteiger partial charge in [0.25, 0.3) is 5.49 Å². The molecule has 0 aliphatic carbocycles. The van der Waals surface area contributed by atoms with Crippen molar-refractivity contribution in [2.75, 3.05) is 0 Å². The number of para-hydroxylation sites is 1. The summed E-state index contributed by atoms with van der Waals surface area (Å²) in [5, 5.41) is 25.6. The van der Waals surface area contributed by atoms with Gasteiger partial charge in [0.15, 0.2) is 0 Å². The third kappa shape index (κ3) is 3.80. The van der Waals surface area contributed by atoms with Crippen LogP contribution < -0.4 is 5.49 Å². The molecule has 0 aliphatic heterocycles. The second kappa shape index (κ2) is 7.64. The lowest BCUT2D eigenvalue weighted by molar-refractivity contribution is -0.391. The van der Waals surface area contributed by atoms with Crippen LogP contribution in [0.3, 0.4) is 0 Å². The molecule has 0 saturated heterocycles. The quantitative estimate of drug-likeness (QED) is 0.418. The van der Waals surface area contributed by atoms with Gasteiger partial charge in [0.1, 0.15) is 5.69 Å². The fourth-order valence-corrected chi connectivity index (χ4v) is 2.61. The summed E-state index contributed by atoms with van der Waals surface area (Å²) >= 11 is 0. The molecule has 0 saturated carbocycles. The summed E-state index contributed by atoms with van der Waals surface area (Å²) in [6, 6.07) is 18.4. The van der Waals surface area contributed by atoms with Crippen LogP contribution in [0.4, 0.5) is 5.82 Å². The molecule has 1 N–H and O–H groups in total. The minimum absolute atomic E-state index is 0.167. The Morgan fingerprint density at radius 1 is 1.15 bits per heavy atom. The highest BCUT2D eigenvalue weighted by Gasteiger charge is 2.24. The fourth-order valence-electron chi connectivity index (χ4n) is 2.61. The summed E-state index contributed by atoms with van der Waals surface area (Å²) in [6.07, 6.45) is 1.48. The summed E-state index contributed by atoms with van der Waals surface area (Å²) in [6.45, 7) is 1.85. The lowest BCUT2D eigenvalue weighted by atomic mass is 10.1. The van der Waals surface area contributed by atoms with Crippen LogP contribution in [0.2, 0.25) is 0 Å². The smallest absolute Gasteiger partial charge is 0.409 e. The first kappa shape index (κ1) is 17.4. The molecule has 1 atom stereocenters. The van der Waals surface area contributed by atoms with Gasteiger partial charge < -0.3 is 15.3 Å². The molecule has 0 bridgehead atoms. The molecule has 0 amide bonds. The average molecular weight is 353 g/mol. The first-order valence-electron chi connectivity index (χ1n) is 8.25. The Kier molecular flexibility index (Phi) is 5.12. The van der Waals surface area contributed by atoms with Crippen molar-refractivity contribution in [3.8, 4) is 5.69 Å². The van der Waals surface area contributed by atoms with Crippen molar-refractivity contribution in [3.05, 3.63) is 81.8 Å². The first-order valence-corrected chi connectivity index (χ1v) is 8.25. The summed E-state index contributed by atoms with van der Waals surface area (Å²) < 4.78 is 0. The number of aryl methyl sites for hydroxylation is 1. The van der Waals surface area contributed by atoms with Crippen LogP contribution in [-0.4, -0.2) is 30.9 Å². The lowest BCUT2D eigenvalue weighted by Crippen LogP contribution is -2.24. The Balaban J connectivity index is 1.91. The second-order valence-corrected chi connectivity index (χ2v) is 5.92. The van der Waals surface area contributed by atoms with Crippen LogP contribution in [0.15, 0.2) is 65.7 Å². The molecule has 8 heteroatoms. The van der Waals surface area contributed by atoms with E-state index in [0.717, 1.165) is 11.2 Å². The molecular weight excluding hydrogens is 334 g/mol. The Morgan fingerprint density at radius 3 is 2.38 bits per heavy atom. The van der Waals surface area contributed by atoms with E-state index >= 15 is 0 Å². The van der Waals surface area contributed by atoms with Crippen molar-refractivity contribution in [1.82, 2.24) is 14.7 Å². The number of benzene rings is 2. The van der Waals surface area contributed by atoms with Crippen molar-refractivity contribution >= 4 is 5.82 Å². The average Bonchev–Trinajstić information content (AvgIpc) is 2.98. The Bertz CT molecular complexity index is 948. The molecule has 0 unspecified atom stereocenters. The highest BCUT2D eigenvalue weighted by molar-refractivity contribution is 5.29. The number of nitro groups is 1. The largest absolute Gasteiger partial charge is 0.438 e. The number of nitrogens with zero attached hydrogens (tertiary/aromatic N) is 5. The van der Waals surface area contributed by atoms with Gasteiger partial charge in [-0.2, -0.15) is 0 Å². The zero-order chi connectivity index (χ0) is 18.5. The maximum absolute atomic E-state index is 11.3. The van der Waals surface area contributed by atoms with Crippen molar-refractivity contribution in [3.63, 3.8) is 0 Å². The molecule has 3 rings (SSSR count). The van der Waals surface area contributed by atoms with Crippen LogP contribution in [-0.2, 0) is 6.42 Å². The SMILES string of the molecule is C[C@H](CCc1ccccc1)N=c1c([N+](=O)[O-])nn(-c2ccccc2)n1O. The van der Waals surface area contributed by atoms with Gasteiger partial charge in [0, 0.05) is 0 Å². The van der Waals surface area contributed by atoms with Gasteiger partial charge >= 0.3 is 5.82 Å². The fraction of sp³-hybridized carbons (Fsp3) is 0.222. The Hall–Kier alpha value is -3.42. The van der Waals surface area contributed by atoms with Crippen LogP contribution in [0.25, 0.3) is 5.69 Å². The first-order chi connectivity index (χ1) is 12.6. The lowest BCUT2D eigenvalue weighted by Gasteiger charge is -2.05. The maximum Gasteiger partial charge on any atom is 0.438 e. The minimum Gasteiger partial charge on any atom is -0.409 e. The van der Waals surface area contributed by atoms with Crippen LogP contribution in [0.1, 0.15) is 18.9 Å². The van der Waals surface area contributed by atoms with Gasteiger partial charge in [-0.3, -0.25) is 4.99 Å². The van der Waals surface area contributed by atoms with Crippen molar-refractivity contribution in [2.45, 2.75) is 25.8 Å². The summed E-state index contributed by atoms with van der Waals surface area (Å²) in [5.41, 5.74) is 1.50. The minimum atomic E-state index is -0.644. The molecule has 26 heavy (non-hydrogen) atoms. The van der Waals surface area contributed by atoms with Crippen molar-refractivity contribution in [1.29, 1.82) is 0 Å². The molecule has 1 aromatic heterocycles. The number of hydrogen-bond donors (Lipinski definition) is 1. The molecule has 134 valence electrons. The van der Waals surface area contributed by atoms with Gasteiger partial charge in [-0.1, -0.05) is 53.4 Å². The van der Waals surface area contributed by atoms with E-state index in [-0.39, 0.29) is 11.5 Å². The number of rotatable bonds is 6. The molecule has 0 radical (unpaired) electrons. The monoisotopic (exact) mass is 353 g/mol.